The molecule has 0 saturated heterocycles. The second-order valence-electron chi connectivity index (χ2n) is 4.19. The van der Waals surface area contributed by atoms with E-state index in [4.69, 9.17) is 23.2 Å². The van der Waals surface area contributed by atoms with Crippen molar-refractivity contribution in [1.82, 2.24) is 0 Å². The molecule has 5 heteroatoms. The van der Waals surface area contributed by atoms with Crippen LogP contribution in [0.3, 0.4) is 0 Å². The van der Waals surface area contributed by atoms with Gasteiger partial charge in [-0.15, -0.1) is 11.8 Å². The Morgan fingerprint density at radius 1 is 1.10 bits per heavy atom. The SMILES string of the molecule is CC(=O)Nc1ccc(SCc2c(Cl)cccc2Cl)cc1. The average Bonchev–Trinajstić information content (AvgIpc) is 2.39. The van der Waals surface area contributed by atoms with Crippen LogP contribution < -0.4 is 5.32 Å². The zero-order chi connectivity index (χ0) is 14.5. The van der Waals surface area contributed by atoms with Gasteiger partial charge in [0.2, 0.25) is 5.91 Å². The number of rotatable bonds is 4. The first kappa shape index (κ1) is 15.2. The van der Waals surface area contributed by atoms with Crippen LogP contribution >= 0.6 is 35.0 Å². The standard InChI is InChI=1S/C15H13Cl2NOS/c1-10(19)18-11-5-7-12(8-6-11)20-9-13-14(16)3-2-4-15(13)17/h2-8H,9H2,1H3,(H,18,19). The Kier molecular flexibility index (Phi) is 5.35. The van der Waals surface area contributed by atoms with Crippen molar-refractivity contribution in [2.45, 2.75) is 17.6 Å². The Hall–Kier alpha value is -1.16. The molecule has 0 saturated carbocycles. The van der Waals surface area contributed by atoms with E-state index in [1.165, 1.54) is 6.92 Å². The Morgan fingerprint density at radius 2 is 1.70 bits per heavy atom. The molecule has 0 aliphatic carbocycles. The summed E-state index contributed by atoms with van der Waals surface area (Å²) in [6.07, 6.45) is 0. The van der Waals surface area contributed by atoms with Crippen LogP contribution in [-0.2, 0) is 10.5 Å². The molecular weight excluding hydrogens is 313 g/mol. The van der Waals surface area contributed by atoms with Gasteiger partial charge in [-0.25, -0.2) is 0 Å². The quantitative estimate of drug-likeness (QED) is 0.778. The second kappa shape index (κ2) is 7.02. The Bertz CT molecular complexity index is 594. The van der Waals surface area contributed by atoms with Gasteiger partial charge in [-0.2, -0.15) is 0 Å². The van der Waals surface area contributed by atoms with E-state index in [0.29, 0.717) is 15.8 Å². The van der Waals surface area contributed by atoms with E-state index in [0.717, 1.165) is 16.1 Å². The topological polar surface area (TPSA) is 29.1 Å². The van der Waals surface area contributed by atoms with Crippen LogP contribution in [0, 0.1) is 0 Å². The minimum Gasteiger partial charge on any atom is -0.326 e. The summed E-state index contributed by atoms with van der Waals surface area (Å²) in [5, 5.41) is 4.09. The average molecular weight is 326 g/mol. The van der Waals surface area contributed by atoms with Gasteiger partial charge in [0.25, 0.3) is 0 Å². The number of anilines is 1. The lowest BCUT2D eigenvalue weighted by molar-refractivity contribution is -0.114. The van der Waals surface area contributed by atoms with Crippen LogP contribution in [0.5, 0.6) is 0 Å². The van der Waals surface area contributed by atoms with Gasteiger partial charge in [0.05, 0.1) is 0 Å². The summed E-state index contributed by atoms with van der Waals surface area (Å²) in [6, 6.07) is 13.2. The van der Waals surface area contributed by atoms with E-state index in [-0.39, 0.29) is 5.91 Å². The lowest BCUT2D eigenvalue weighted by Crippen LogP contribution is -2.05. The number of carbonyl (C=O) groups excluding carboxylic acids is 1. The molecule has 1 N–H and O–H groups in total. The third-order valence-electron chi connectivity index (χ3n) is 2.62. The highest BCUT2D eigenvalue weighted by Gasteiger charge is 2.06. The van der Waals surface area contributed by atoms with E-state index < -0.39 is 0 Å². The maximum absolute atomic E-state index is 10.9. The zero-order valence-electron chi connectivity index (χ0n) is 10.8. The van der Waals surface area contributed by atoms with Crippen LogP contribution in [0.2, 0.25) is 10.0 Å². The molecule has 0 radical (unpaired) electrons. The third-order valence-corrected chi connectivity index (χ3v) is 4.37. The summed E-state index contributed by atoms with van der Waals surface area (Å²) in [7, 11) is 0. The molecular formula is C15H13Cl2NOS. The number of hydrogen-bond donors (Lipinski definition) is 1. The van der Waals surface area contributed by atoms with Crippen LogP contribution in [-0.4, -0.2) is 5.91 Å². The van der Waals surface area contributed by atoms with Gasteiger partial charge in [0.15, 0.2) is 0 Å². The Morgan fingerprint density at radius 3 is 2.25 bits per heavy atom. The van der Waals surface area contributed by atoms with E-state index >= 15 is 0 Å². The van der Waals surface area contributed by atoms with Gasteiger partial charge in [0.1, 0.15) is 0 Å². The minimum atomic E-state index is -0.0757. The van der Waals surface area contributed by atoms with Crippen LogP contribution in [0.15, 0.2) is 47.4 Å². The molecule has 2 rings (SSSR count). The maximum Gasteiger partial charge on any atom is 0.221 e. The fourth-order valence-corrected chi connectivity index (χ4v) is 3.30. The maximum atomic E-state index is 10.9. The lowest BCUT2D eigenvalue weighted by atomic mass is 10.2. The third kappa shape index (κ3) is 4.17. The largest absolute Gasteiger partial charge is 0.326 e. The molecule has 0 aromatic heterocycles. The summed E-state index contributed by atoms with van der Waals surface area (Å²) in [6.45, 7) is 1.49. The number of amides is 1. The Labute approximate surface area is 132 Å². The van der Waals surface area contributed by atoms with Gasteiger partial charge in [0, 0.05) is 33.3 Å². The van der Waals surface area contributed by atoms with E-state index in [9.17, 15) is 4.79 Å². The molecule has 2 aromatic carbocycles. The van der Waals surface area contributed by atoms with Crippen LogP contribution in [0.1, 0.15) is 12.5 Å². The van der Waals surface area contributed by atoms with Gasteiger partial charge < -0.3 is 5.32 Å². The first-order valence-electron chi connectivity index (χ1n) is 5.99. The minimum absolute atomic E-state index is 0.0757. The fourth-order valence-electron chi connectivity index (χ4n) is 1.66. The highest BCUT2D eigenvalue weighted by molar-refractivity contribution is 7.98. The number of benzene rings is 2. The fraction of sp³-hybridized carbons (Fsp3) is 0.133. The van der Waals surface area contributed by atoms with Gasteiger partial charge in [-0.05, 0) is 42.0 Å². The predicted molar refractivity (Wildman–Crippen MR) is 86.8 cm³/mol. The second-order valence-corrected chi connectivity index (χ2v) is 6.06. The molecule has 104 valence electrons. The highest BCUT2D eigenvalue weighted by Crippen LogP contribution is 2.31. The summed E-state index contributed by atoms with van der Waals surface area (Å²) < 4.78 is 0. The monoisotopic (exact) mass is 325 g/mol. The van der Waals surface area contributed by atoms with Crippen molar-refractivity contribution >= 4 is 46.6 Å². The molecule has 20 heavy (non-hydrogen) atoms. The van der Waals surface area contributed by atoms with Crippen molar-refractivity contribution < 1.29 is 4.79 Å². The summed E-state index contributed by atoms with van der Waals surface area (Å²) in [5.74, 6) is 0.631. The number of hydrogen-bond acceptors (Lipinski definition) is 2. The molecule has 0 heterocycles. The summed E-state index contributed by atoms with van der Waals surface area (Å²) in [4.78, 5) is 12.0. The van der Waals surface area contributed by atoms with Gasteiger partial charge in [-0.3, -0.25) is 4.79 Å². The predicted octanol–water partition coefficient (Wildman–Crippen LogP) is 5.24. The zero-order valence-corrected chi connectivity index (χ0v) is 13.1. The molecule has 0 unspecified atom stereocenters. The van der Waals surface area contributed by atoms with E-state index in [1.807, 2.05) is 42.5 Å². The molecule has 0 fully saturated rings. The molecule has 2 aromatic rings. The smallest absolute Gasteiger partial charge is 0.221 e. The Balaban J connectivity index is 2.02. The van der Waals surface area contributed by atoms with E-state index in [1.54, 1.807) is 11.8 Å². The van der Waals surface area contributed by atoms with Crippen molar-refractivity contribution in [1.29, 1.82) is 0 Å². The first-order valence-corrected chi connectivity index (χ1v) is 7.74. The lowest BCUT2D eigenvalue weighted by Gasteiger charge is -2.07. The normalized spacial score (nSPS) is 10.3. The molecule has 1 amide bonds. The highest BCUT2D eigenvalue weighted by atomic mass is 35.5. The van der Waals surface area contributed by atoms with Crippen LogP contribution in [0.25, 0.3) is 0 Å². The number of halogens is 2. The molecule has 2 nitrogen and oxygen atoms in total. The van der Waals surface area contributed by atoms with Crippen molar-refractivity contribution in [3.8, 4) is 0 Å². The number of nitrogens with one attached hydrogen (secondary N) is 1. The number of thioether (sulfide) groups is 1. The molecule has 0 aliphatic heterocycles. The van der Waals surface area contributed by atoms with Crippen LogP contribution in [0.4, 0.5) is 5.69 Å². The van der Waals surface area contributed by atoms with Crippen molar-refractivity contribution in [3.05, 3.63) is 58.1 Å². The summed E-state index contributed by atoms with van der Waals surface area (Å²) in [5.41, 5.74) is 1.73. The molecule has 0 spiro atoms. The summed E-state index contributed by atoms with van der Waals surface area (Å²) >= 11 is 13.9. The molecule has 0 bridgehead atoms. The van der Waals surface area contributed by atoms with E-state index in [2.05, 4.69) is 5.32 Å². The van der Waals surface area contributed by atoms with Gasteiger partial charge >= 0.3 is 0 Å². The van der Waals surface area contributed by atoms with Gasteiger partial charge in [-0.1, -0.05) is 29.3 Å². The van der Waals surface area contributed by atoms with Crippen molar-refractivity contribution in [2.24, 2.45) is 0 Å². The molecule has 0 atom stereocenters. The number of carbonyl (C=O) groups is 1. The first-order chi connectivity index (χ1) is 9.56. The van der Waals surface area contributed by atoms with Crippen molar-refractivity contribution in [3.63, 3.8) is 0 Å². The van der Waals surface area contributed by atoms with Crippen molar-refractivity contribution in [2.75, 3.05) is 5.32 Å². The molecule has 0 aliphatic rings.